The van der Waals surface area contributed by atoms with Crippen LogP contribution >= 0.6 is 12.4 Å². The molecule has 0 fully saturated rings. The molecule has 0 heterocycles. The van der Waals surface area contributed by atoms with Crippen LogP contribution in [0.25, 0.3) is 0 Å². The lowest BCUT2D eigenvalue weighted by molar-refractivity contribution is -0.139. The largest absolute Gasteiger partial charge is 0.469 e. The summed E-state index contributed by atoms with van der Waals surface area (Å²) in [4.78, 5) is 15.5. The minimum absolute atomic E-state index is 0. The molecule has 2 N–H and O–H groups in total. The summed E-state index contributed by atoms with van der Waals surface area (Å²) >= 11 is 0. The molecule has 0 aromatic carbocycles. The molecule has 15 heavy (non-hydrogen) atoms. The molecular weight excluding hydrogens is 218 g/mol. The minimum Gasteiger partial charge on any atom is -0.469 e. The Morgan fingerprint density at radius 2 is 2.40 bits per heavy atom. The summed E-state index contributed by atoms with van der Waals surface area (Å²) in [6.45, 7) is 0. The second-order valence-corrected chi connectivity index (χ2v) is 2.86. The Hall–Kier alpha value is -1.26. The first kappa shape index (κ1) is 13.7. The van der Waals surface area contributed by atoms with Crippen molar-refractivity contribution in [1.29, 1.82) is 0 Å². The van der Waals surface area contributed by atoms with Crippen molar-refractivity contribution >= 4 is 18.4 Å². The summed E-state index contributed by atoms with van der Waals surface area (Å²) < 4.78 is 4.58. The molecule has 0 saturated heterocycles. The van der Waals surface area contributed by atoms with Crippen LogP contribution in [-0.2, 0) is 14.4 Å². The highest BCUT2D eigenvalue weighted by molar-refractivity contribution is 5.85. The van der Waals surface area contributed by atoms with Gasteiger partial charge in [0.2, 0.25) is 0 Å². The van der Waals surface area contributed by atoms with Gasteiger partial charge in [-0.25, -0.2) is 0 Å². The number of nitrogens with two attached hydrogens (primary N) is 1. The average Bonchev–Trinajstić information content (AvgIpc) is 2.21. The van der Waals surface area contributed by atoms with E-state index in [2.05, 4.69) is 9.57 Å². The zero-order valence-corrected chi connectivity index (χ0v) is 9.25. The van der Waals surface area contributed by atoms with Gasteiger partial charge in [0.05, 0.1) is 13.5 Å². The van der Waals surface area contributed by atoms with E-state index in [1.165, 1.54) is 13.4 Å². The van der Waals surface area contributed by atoms with Crippen LogP contribution in [0.5, 0.6) is 0 Å². The maximum Gasteiger partial charge on any atom is 0.309 e. The first-order valence-corrected chi connectivity index (χ1v) is 4.25. The smallest absolute Gasteiger partial charge is 0.309 e. The Labute approximate surface area is 94.8 Å². The SMILES string of the molecule is COC(=O)CC1=CC=CCC1=CON.Cl. The summed E-state index contributed by atoms with van der Waals surface area (Å²) in [5, 5.41) is 0. The number of carbonyl (C=O) groups is 1. The molecule has 0 atom stereocenters. The topological polar surface area (TPSA) is 61.5 Å². The molecule has 0 unspecified atom stereocenters. The maximum absolute atomic E-state index is 11.0. The molecule has 5 heteroatoms. The molecule has 1 aliphatic rings. The number of ether oxygens (including phenoxy) is 1. The van der Waals surface area contributed by atoms with Crippen molar-refractivity contribution in [1.82, 2.24) is 0 Å². The Bertz CT molecular complexity index is 308. The quantitative estimate of drug-likeness (QED) is 0.456. The lowest BCUT2D eigenvalue weighted by atomic mass is 9.97. The summed E-state index contributed by atoms with van der Waals surface area (Å²) in [5.74, 6) is 4.67. The van der Waals surface area contributed by atoms with E-state index in [-0.39, 0.29) is 24.8 Å². The number of halogens is 1. The van der Waals surface area contributed by atoms with Gasteiger partial charge in [0, 0.05) is 0 Å². The zero-order valence-electron chi connectivity index (χ0n) is 8.43. The van der Waals surface area contributed by atoms with Crippen LogP contribution in [0.4, 0.5) is 0 Å². The molecule has 0 spiro atoms. The predicted octanol–water partition coefficient (Wildman–Crippen LogP) is 1.63. The van der Waals surface area contributed by atoms with Crippen LogP contribution in [0.1, 0.15) is 12.8 Å². The van der Waals surface area contributed by atoms with E-state index in [4.69, 9.17) is 5.90 Å². The third kappa shape index (κ3) is 4.18. The number of allylic oxidation sites excluding steroid dienone is 4. The van der Waals surface area contributed by atoms with Gasteiger partial charge in [0.1, 0.15) is 6.26 Å². The van der Waals surface area contributed by atoms with Gasteiger partial charge >= 0.3 is 5.97 Å². The second kappa shape index (κ2) is 7.09. The standard InChI is InChI=1S/C10H13NO3.ClH/c1-13-10(12)6-8-4-2-3-5-9(8)7-14-11;/h2-4,7H,5-6,11H2,1H3;1H. The fraction of sp³-hybridized carbons (Fsp3) is 0.300. The van der Waals surface area contributed by atoms with E-state index in [1.54, 1.807) is 0 Å². The molecule has 0 aromatic heterocycles. The van der Waals surface area contributed by atoms with Gasteiger partial charge in [0.15, 0.2) is 0 Å². The van der Waals surface area contributed by atoms with E-state index >= 15 is 0 Å². The highest BCUT2D eigenvalue weighted by Gasteiger charge is 2.11. The summed E-state index contributed by atoms with van der Waals surface area (Å²) in [7, 11) is 1.37. The molecule has 1 rings (SSSR count). The lowest BCUT2D eigenvalue weighted by Gasteiger charge is -2.11. The lowest BCUT2D eigenvalue weighted by Crippen LogP contribution is -2.05. The van der Waals surface area contributed by atoms with E-state index in [9.17, 15) is 4.79 Å². The molecule has 0 aliphatic heterocycles. The van der Waals surface area contributed by atoms with Crippen molar-refractivity contribution in [3.63, 3.8) is 0 Å². The molecule has 1 aliphatic carbocycles. The monoisotopic (exact) mass is 231 g/mol. The van der Waals surface area contributed by atoms with Gasteiger partial charge in [-0.3, -0.25) is 4.79 Å². The van der Waals surface area contributed by atoms with Gasteiger partial charge in [-0.1, -0.05) is 18.2 Å². The van der Waals surface area contributed by atoms with Crippen molar-refractivity contribution < 1.29 is 14.4 Å². The van der Waals surface area contributed by atoms with E-state index in [0.29, 0.717) is 0 Å². The third-order valence-corrected chi connectivity index (χ3v) is 1.96. The normalized spacial score (nSPS) is 16.7. The summed E-state index contributed by atoms with van der Waals surface area (Å²) in [5.41, 5.74) is 1.78. The van der Waals surface area contributed by atoms with Crippen molar-refractivity contribution in [2.75, 3.05) is 7.11 Å². The number of esters is 1. The zero-order chi connectivity index (χ0) is 10.4. The number of carbonyl (C=O) groups excluding carboxylic acids is 1. The van der Waals surface area contributed by atoms with Gasteiger partial charge in [-0.05, 0) is 17.6 Å². The predicted molar refractivity (Wildman–Crippen MR) is 59.1 cm³/mol. The highest BCUT2D eigenvalue weighted by Crippen LogP contribution is 2.22. The van der Waals surface area contributed by atoms with Crippen LogP contribution in [0, 0.1) is 0 Å². The number of hydrogen-bond acceptors (Lipinski definition) is 4. The number of hydrogen-bond donors (Lipinski definition) is 1. The van der Waals surface area contributed by atoms with Crippen LogP contribution in [0.2, 0.25) is 0 Å². The highest BCUT2D eigenvalue weighted by atomic mass is 35.5. The minimum atomic E-state index is -0.269. The fourth-order valence-electron chi connectivity index (χ4n) is 1.22. The maximum atomic E-state index is 11.0. The van der Waals surface area contributed by atoms with E-state index in [1.807, 2.05) is 18.2 Å². The number of rotatable bonds is 3. The molecule has 4 nitrogen and oxygen atoms in total. The van der Waals surface area contributed by atoms with Gasteiger partial charge < -0.3 is 9.57 Å². The first-order valence-electron chi connectivity index (χ1n) is 4.25. The first-order chi connectivity index (χ1) is 6.77. The van der Waals surface area contributed by atoms with Crippen molar-refractivity contribution in [3.8, 4) is 0 Å². The Balaban J connectivity index is 0.00000196. The molecular formula is C10H14ClNO3. The molecule has 0 bridgehead atoms. The van der Waals surface area contributed by atoms with Crippen molar-refractivity contribution in [2.24, 2.45) is 5.90 Å². The van der Waals surface area contributed by atoms with Crippen LogP contribution < -0.4 is 5.90 Å². The fourth-order valence-corrected chi connectivity index (χ4v) is 1.22. The Morgan fingerprint density at radius 1 is 1.67 bits per heavy atom. The van der Waals surface area contributed by atoms with Gasteiger partial charge in [-0.2, -0.15) is 5.90 Å². The average molecular weight is 232 g/mol. The van der Waals surface area contributed by atoms with Crippen LogP contribution in [0.3, 0.4) is 0 Å². The van der Waals surface area contributed by atoms with Crippen LogP contribution in [-0.4, -0.2) is 13.1 Å². The summed E-state index contributed by atoms with van der Waals surface area (Å²) in [6, 6.07) is 0. The second-order valence-electron chi connectivity index (χ2n) is 2.86. The van der Waals surface area contributed by atoms with E-state index in [0.717, 1.165) is 17.6 Å². The molecule has 84 valence electrons. The Morgan fingerprint density at radius 3 is 3.00 bits per heavy atom. The van der Waals surface area contributed by atoms with Gasteiger partial charge in [0.25, 0.3) is 0 Å². The molecule has 0 saturated carbocycles. The van der Waals surface area contributed by atoms with Crippen LogP contribution in [0.15, 0.2) is 35.6 Å². The summed E-state index contributed by atoms with van der Waals surface area (Å²) in [6.07, 6.45) is 8.12. The molecule has 0 radical (unpaired) electrons. The Kier molecular flexibility index (Phi) is 6.49. The molecule has 0 amide bonds. The number of methoxy groups -OCH3 is 1. The van der Waals surface area contributed by atoms with Crippen molar-refractivity contribution in [3.05, 3.63) is 35.6 Å². The van der Waals surface area contributed by atoms with E-state index < -0.39 is 0 Å². The third-order valence-electron chi connectivity index (χ3n) is 1.96. The van der Waals surface area contributed by atoms with Gasteiger partial charge in [-0.15, -0.1) is 12.4 Å². The molecule has 0 aromatic rings. The van der Waals surface area contributed by atoms with Crippen molar-refractivity contribution in [2.45, 2.75) is 12.8 Å².